The Kier molecular flexibility index (Phi) is 7.40. The fourth-order valence-corrected chi connectivity index (χ4v) is 4.97. The van der Waals surface area contributed by atoms with Gasteiger partial charge in [-0.2, -0.15) is 0 Å². The Morgan fingerprint density at radius 1 is 1.17 bits per heavy atom. The third-order valence-electron chi connectivity index (χ3n) is 6.65. The molecule has 2 aliphatic rings. The number of ketones is 1. The molecule has 9 nitrogen and oxygen atoms in total. The van der Waals surface area contributed by atoms with E-state index in [4.69, 9.17) is 18.6 Å². The van der Waals surface area contributed by atoms with Crippen molar-refractivity contribution in [3.05, 3.63) is 68.9 Å². The van der Waals surface area contributed by atoms with Crippen LogP contribution in [0.4, 0.5) is 0 Å². The Labute approximate surface area is 208 Å². The smallest absolute Gasteiger partial charge is 0.336 e. The Bertz CT molecular complexity index is 1330. The van der Waals surface area contributed by atoms with Crippen LogP contribution in [0, 0.1) is 11.8 Å². The van der Waals surface area contributed by atoms with Crippen LogP contribution in [-0.2, 0) is 28.6 Å². The summed E-state index contributed by atoms with van der Waals surface area (Å²) in [5, 5.41) is 3.49. The number of nitrogens with one attached hydrogen (secondary N) is 1. The van der Waals surface area contributed by atoms with Gasteiger partial charge in [0.25, 0.3) is 0 Å². The van der Waals surface area contributed by atoms with Crippen molar-refractivity contribution in [2.45, 2.75) is 33.1 Å². The third kappa shape index (κ3) is 4.46. The highest BCUT2D eigenvalue weighted by atomic mass is 16.6. The molecule has 1 aromatic heterocycles. The molecule has 0 amide bonds. The van der Waals surface area contributed by atoms with Gasteiger partial charge in [0.2, 0.25) is 0 Å². The summed E-state index contributed by atoms with van der Waals surface area (Å²) in [6.07, 6.45) is 1.64. The Morgan fingerprint density at radius 2 is 1.92 bits per heavy atom. The first kappa shape index (κ1) is 25.4. The highest BCUT2D eigenvalue weighted by molar-refractivity contribution is 6.12. The molecule has 190 valence electrons. The Hall–Kier alpha value is -3.72. The summed E-state index contributed by atoms with van der Waals surface area (Å²) >= 11 is 0. The average Bonchev–Trinajstić information content (AvgIpc) is 2.86. The summed E-state index contributed by atoms with van der Waals surface area (Å²) in [4.78, 5) is 53.3. The quantitative estimate of drug-likeness (QED) is 0.351. The van der Waals surface area contributed by atoms with Crippen LogP contribution in [0.15, 0.2) is 62.3 Å². The van der Waals surface area contributed by atoms with E-state index in [-0.39, 0.29) is 41.3 Å². The SMILES string of the molecule is CCOCCOC(=O)C1=C(C)NC2=C(C(=O)[C@H](C(=O)OC)[C@@H](C)C2)[C@@H]1c1coc2ccccc2c1=O. The molecule has 0 radical (unpaired) electrons. The van der Waals surface area contributed by atoms with Crippen molar-refractivity contribution in [1.29, 1.82) is 0 Å². The normalized spacial score (nSPS) is 21.8. The molecule has 0 bridgehead atoms. The number of benzene rings is 1. The van der Waals surface area contributed by atoms with E-state index in [0.29, 0.717) is 35.4 Å². The molecule has 0 saturated heterocycles. The predicted octanol–water partition coefficient (Wildman–Crippen LogP) is 2.99. The number of allylic oxidation sites excluding steroid dienone is 3. The molecule has 4 rings (SSSR count). The van der Waals surface area contributed by atoms with Crippen molar-refractivity contribution >= 4 is 28.7 Å². The highest BCUT2D eigenvalue weighted by Gasteiger charge is 2.48. The number of dihydropyridines is 1. The number of carbonyl (C=O) groups excluding carboxylic acids is 3. The largest absolute Gasteiger partial charge is 0.468 e. The van der Waals surface area contributed by atoms with Gasteiger partial charge in [0.15, 0.2) is 11.2 Å². The zero-order chi connectivity index (χ0) is 26.0. The van der Waals surface area contributed by atoms with Gasteiger partial charge in [0.05, 0.1) is 36.9 Å². The average molecular weight is 496 g/mol. The molecule has 1 aromatic carbocycles. The van der Waals surface area contributed by atoms with Crippen LogP contribution in [0.5, 0.6) is 0 Å². The predicted molar refractivity (Wildman–Crippen MR) is 130 cm³/mol. The maximum atomic E-state index is 13.8. The van der Waals surface area contributed by atoms with E-state index in [2.05, 4.69) is 5.32 Å². The summed E-state index contributed by atoms with van der Waals surface area (Å²) in [5.74, 6) is -4.31. The van der Waals surface area contributed by atoms with Crippen LogP contribution in [0.1, 0.15) is 38.7 Å². The van der Waals surface area contributed by atoms with E-state index >= 15 is 0 Å². The lowest BCUT2D eigenvalue weighted by Crippen LogP contribution is -2.44. The van der Waals surface area contributed by atoms with Crippen molar-refractivity contribution in [1.82, 2.24) is 5.32 Å². The minimum absolute atomic E-state index is 0.00414. The fraction of sp³-hybridized carbons (Fsp3) is 0.407. The molecule has 1 aliphatic carbocycles. The number of rotatable bonds is 7. The Balaban J connectivity index is 1.88. The van der Waals surface area contributed by atoms with Crippen molar-refractivity contribution in [3.8, 4) is 0 Å². The molecule has 0 unspecified atom stereocenters. The second kappa shape index (κ2) is 10.5. The van der Waals surface area contributed by atoms with Gasteiger partial charge in [-0.1, -0.05) is 19.1 Å². The van der Waals surface area contributed by atoms with E-state index in [0.717, 1.165) is 0 Å². The fourth-order valence-electron chi connectivity index (χ4n) is 4.97. The molecule has 0 fully saturated rings. The van der Waals surface area contributed by atoms with Gasteiger partial charge in [-0.25, -0.2) is 4.79 Å². The molecule has 0 spiro atoms. The maximum Gasteiger partial charge on any atom is 0.336 e. The molecule has 2 heterocycles. The number of para-hydroxylation sites is 1. The summed E-state index contributed by atoms with van der Waals surface area (Å²) in [7, 11) is 1.23. The highest BCUT2D eigenvalue weighted by Crippen LogP contribution is 2.45. The van der Waals surface area contributed by atoms with Gasteiger partial charge >= 0.3 is 11.9 Å². The van der Waals surface area contributed by atoms with Crippen molar-refractivity contribution in [3.63, 3.8) is 0 Å². The molecule has 9 heteroatoms. The lowest BCUT2D eigenvalue weighted by molar-refractivity contribution is -0.151. The van der Waals surface area contributed by atoms with Crippen LogP contribution in [0.25, 0.3) is 11.0 Å². The van der Waals surface area contributed by atoms with E-state index in [1.807, 2.05) is 6.92 Å². The minimum Gasteiger partial charge on any atom is -0.468 e. The first-order valence-corrected chi connectivity index (χ1v) is 11.9. The summed E-state index contributed by atoms with van der Waals surface area (Å²) in [5.41, 5.74) is 1.44. The number of ether oxygens (including phenoxy) is 3. The van der Waals surface area contributed by atoms with Gasteiger partial charge in [0, 0.05) is 29.1 Å². The van der Waals surface area contributed by atoms with Crippen LogP contribution >= 0.6 is 0 Å². The topological polar surface area (TPSA) is 121 Å². The molecule has 1 N–H and O–H groups in total. The summed E-state index contributed by atoms with van der Waals surface area (Å²) in [6.45, 7) is 6.00. The van der Waals surface area contributed by atoms with Crippen molar-refractivity contribution in [2.24, 2.45) is 11.8 Å². The first-order chi connectivity index (χ1) is 17.3. The summed E-state index contributed by atoms with van der Waals surface area (Å²) in [6, 6.07) is 6.74. The van der Waals surface area contributed by atoms with E-state index in [1.54, 1.807) is 38.1 Å². The number of esters is 2. The second-order valence-corrected chi connectivity index (χ2v) is 8.88. The number of Topliss-reactive ketones (excluding diaryl/α,β-unsaturated/α-hetero) is 1. The number of hydrogen-bond donors (Lipinski definition) is 1. The zero-order valence-electron chi connectivity index (χ0n) is 20.7. The number of methoxy groups -OCH3 is 1. The van der Waals surface area contributed by atoms with E-state index < -0.39 is 29.6 Å². The lowest BCUT2D eigenvalue weighted by Gasteiger charge is -2.37. The molecular formula is C27H29NO8. The second-order valence-electron chi connectivity index (χ2n) is 8.88. The minimum atomic E-state index is -1.08. The van der Waals surface area contributed by atoms with E-state index in [9.17, 15) is 19.2 Å². The van der Waals surface area contributed by atoms with Gasteiger partial charge in [-0.05, 0) is 38.3 Å². The van der Waals surface area contributed by atoms with Gasteiger partial charge in [0.1, 0.15) is 18.1 Å². The monoisotopic (exact) mass is 495 g/mol. The standard InChI is InChI=1S/C27H29NO8/c1-5-34-10-11-35-27(32)21-15(3)28-18-12-14(2)20(26(31)33-4)25(30)23(18)22(21)17-13-36-19-9-7-6-8-16(19)24(17)29/h6-9,13-14,20,22,28H,5,10-12H2,1-4H3/t14-,20+,22+/m0/s1. The molecule has 36 heavy (non-hydrogen) atoms. The van der Waals surface area contributed by atoms with Crippen LogP contribution in [0.3, 0.4) is 0 Å². The third-order valence-corrected chi connectivity index (χ3v) is 6.65. The molecule has 1 aliphatic heterocycles. The van der Waals surface area contributed by atoms with Crippen LogP contribution in [0.2, 0.25) is 0 Å². The lowest BCUT2D eigenvalue weighted by atomic mass is 9.69. The van der Waals surface area contributed by atoms with Gasteiger partial charge in [-0.3, -0.25) is 14.4 Å². The van der Waals surface area contributed by atoms with Crippen LogP contribution in [-0.4, -0.2) is 44.7 Å². The number of carbonyl (C=O) groups is 3. The molecule has 0 saturated carbocycles. The van der Waals surface area contributed by atoms with Crippen molar-refractivity contribution < 1.29 is 33.0 Å². The first-order valence-electron chi connectivity index (χ1n) is 11.9. The number of hydrogen-bond acceptors (Lipinski definition) is 9. The molecule has 3 atom stereocenters. The maximum absolute atomic E-state index is 13.8. The summed E-state index contributed by atoms with van der Waals surface area (Å²) < 4.78 is 21.3. The zero-order valence-corrected chi connectivity index (χ0v) is 20.7. The van der Waals surface area contributed by atoms with Gasteiger partial charge in [-0.15, -0.1) is 0 Å². The molecular weight excluding hydrogens is 466 g/mol. The Morgan fingerprint density at radius 3 is 2.64 bits per heavy atom. The van der Waals surface area contributed by atoms with Crippen LogP contribution < -0.4 is 10.7 Å². The number of fused-ring (bicyclic) bond motifs is 1. The van der Waals surface area contributed by atoms with E-state index in [1.165, 1.54) is 13.4 Å². The van der Waals surface area contributed by atoms with Gasteiger partial charge < -0.3 is 23.9 Å². The molecule has 2 aromatic rings. The van der Waals surface area contributed by atoms with Crippen molar-refractivity contribution in [2.75, 3.05) is 26.9 Å².